The van der Waals surface area contributed by atoms with Crippen molar-refractivity contribution < 1.29 is 4.39 Å². The van der Waals surface area contributed by atoms with Gasteiger partial charge < -0.3 is 5.73 Å². The number of aromatic nitrogens is 1. The van der Waals surface area contributed by atoms with Gasteiger partial charge in [-0.3, -0.25) is 0 Å². The van der Waals surface area contributed by atoms with Gasteiger partial charge in [-0.15, -0.1) is 11.3 Å². The lowest BCUT2D eigenvalue weighted by atomic mass is 10.0. The van der Waals surface area contributed by atoms with E-state index in [4.69, 9.17) is 17.3 Å². The Bertz CT molecular complexity index is 542. The van der Waals surface area contributed by atoms with Gasteiger partial charge in [0.25, 0.3) is 0 Å². The number of nitrogens with zero attached hydrogens (tertiary/aromatic N) is 1. The first-order valence-electron chi connectivity index (χ1n) is 5.65. The molecule has 2 N–H and O–H groups in total. The molecule has 1 aromatic heterocycles. The summed E-state index contributed by atoms with van der Waals surface area (Å²) in [5.74, 6) is -0.397. The maximum Gasteiger partial charge on any atom is 0.142 e. The highest BCUT2D eigenvalue weighted by molar-refractivity contribution is 7.09. The smallest absolute Gasteiger partial charge is 0.142 e. The number of thiazole rings is 1. The van der Waals surface area contributed by atoms with Gasteiger partial charge in [-0.05, 0) is 31.0 Å². The molecule has 0 aliphatic carbocycles. The van der Waals surface area contributed by atoms with Gasteiger partial charge in [-0.2, -0.15) is 0 Å². The third-order valence-corrected chi connectivity index (χ3v) is 3.75. The molecular weight excluding hydrogens is 271 g/mol. The summed E-state index contributed by atoms with van der Waals surface area (Å²) < 4.78 is 13.3. The van der Waals surface area contributed by atoms with Gasteiger partial charge >= 0.3 is 0 Å². The highest BCUT2D eigenvalue weighted by Gasteiger charge is 2.09. The molecule has 0 amide bonds. The number of aryl methyl sites for hydroxylation is 1. The zero-order valence-electron chi connectivity index (χ0n) is 9.99. The van der Waals surface area contributed by atoms with Crippen molar-refractivity contribution in [1.82, 2.24) is 4.98 Å². The molecule has 0 bridgehead atoms. The van der Waals surface area contributed by atoms with Crippen LogP contribution in [0.4, 0.5) is 4.39 Å². The number of halogens is 2. The average Bonchev–Trinajstić information content (AvgIpc) is 2.69. The zero-order chi connectivity index (χ0) is 13.1. The molecule has 2 aromatic rings. The molecule has 0 saturated heterocycles. The van der Waals surface area contributed by atoms with E-state index in [-0.39, 0.29) is 11.1 Å². The molecule has 2 rings (SSSR count). The van der Waals surface area contributed by atoms with E-state index in [2.05, 4.69) is 4.98 Å². The summed E-state index contributed by atoms with van der Waals surface area (Å²) in [6.07, 6.45) is 1.32. The van der Waals surface area contributed by atoms with Crippen molar-refractivity contribution in [3.63, 3.8) is 0 Å². The minimum Gasteiger partial charge on any atom is -0.327 e. The standard InChI is InChI=1S/C13H14ClFN2S/c1-8-17-11(7-18-8)6-10(16)4-9-2-3-12(14)13(15)5-9/h2-3,5,7,10H,4,6,16H2,1H3. The maximum atomic E-state index is 13.3. The second-order valence-electron chi connectivity index (χ2n) is 4.27. The SMILES string of the molecule is Cc1nc(CC(N)Cc2ccc(Cl)c(F)c2)cs1. The number of hydrogen-bond donors (Lipinski definition) is 1. The van der Waals surface area contributed by atoms with Crippen molar-refractivity contribution >= 4 is 22.9 Å². The summed E-state index contributed by atoms with van der Waals surface area (Å²) in [4.78, 5) is 4.37. The fraction of sp³-hybridized carbons (Fsp3) is 0.308. The Morgan fingerprint density at radius 2 is 2.22 bits per heavy atom. The van der Waals surface area contributed by atoms with E-state index >= 15 is 0 Å². The van der Waals surface area contributed by atoms with Crippen LogP contribution in [0, 0.1) is 12.7 Å². The first-order chi connectivity index (χ1) is 8.54. The van der Waals surface area contributed by atoms with Gasteiger partial charge in [0.05, 0.1) is 15.7 Å². The summed E-state index contributed by atoms with van der Waals surface area (Å²) in [6.45, 7) is 1.97. The Balaban J connectivity index is 1.98. The minimum absolute atomic E-state index is 0.0629. The normalized spacial score (nSPS) is 12.7. The first-order valence-corrected chi connectivity index (χ1v) is 6.91. The van der Waals surface area contributed by atoms with Crippen LogP contribution in [-0.4, -0.2) is 11.0 Å². The van der Waals surface area contributed by atoms with Gasteiger partial charge in [0.15, 0.2) is 0 Å². The number of rotatable bonds is 4. The van der Waals surface area contributed by atoms with E-state index in [0.29, 0.717) is 12.8 Å². The van der Waals surface area contributed by atoms with Crippen LogP contribution in [0.15, 0.2) is 23.6 Å². The number of nitrogens with two attached hydrogens (primary N) is 1. The summed E-state index contributed by atoms with van der Waals surface area (Å²) in [5.41, 5.74) is 7.90. The van der Waals surface area contributed by atoms with Crippen LogP contribution in [0.2, 0.25) is 5.02 Å². The van der Waals surface area contributed by atoms with Crippen molar-refractivity contribution in [2.75, 3.05) is 0 Å². The van der Waals surface area contributed by atoms with Crippen LogP contribution in [0.25, 0.3) is 0 Å². The number of hydrogen-bond acceptors (Lipinski definition) is 3. The van der Waals surface area contributed by atoms with Crippen LogP contribution < -0.4 is 5.73 Å². The van der Waals surface area contributed by atoms with Crippen molar-refractivity contribution in [1.29, 1.82) is 0 Å². The van der Waals surface area contributed by atoms with E-state index in [1.807, 2.05) is 12.3 Å². The molecule has 0 spiro atoms. The second kappa shape index (κ2) is 5.78. The first kappa shape index (κ1) is 13.5. The molecule has 5 heteroatoms. The van der Waals surface area contributed by atoms with Crippen LogP contribution in [0.5, 0.6) is 0 Å². The van der Waals surface area contributed by atoms with Gasteiger partial charge in [-0.1, -0.05) is 17.7 Å². The molecule has 2 nitrogen and oxygen atoms in total. The van der Waals surface area contributed by atoms with Crippen molar-refractivity contribution in [3.8, 4) is 0 Å². The molecule has 18 heavy (non-hydrogen) atoms. The molecular formula is C13H14ClFN2S. The summed E-state index contributed by atoms with van der Waals surface area (Å²) in [7, 11) is 0. The van der Waals surface area contributed by atoms with Gasteiger partial charge in [0.2, 0.25) is 0 Å². The molecule has 1 aromatic carbocycles. The second-order valence-corrected chi connectivity index (χ2v) is 5.74. The summed E-state index contributed by atoms with van der Waals surface area (Å²) in [5, 5.41) is 3.19. The monoisotopic (exact) mass is 284 g/mol. The third-order valence-electron chi connectivity index (χ3n) is 2.62. The van der Waals surface area contributed by atoms with E-state index < -0.39 is 5.82 Å². The Kier molecular flexibility index (Phi) is 4.32. The molecule has 0 aliphatic heterocycles. The number of benzene rings is 1. The van der Waals surface area contributed by atoms with Gasteiger partial charge in [-0.25, -0.2) is 9.37 Å². The molecule has 0 aliphatic rings. The predicted octanol–water partition coefficient (Wildman–Crippen LogP) is 3.36. The van der Waals surface area contributed by atoms with E-state index in [9.17, 15) is 4.39 Å². The lowest BCUT2D eigenvalue weighted by Crippen LogP contribution is -2.25. The molecule has 0 saturated carbocycles. The minimum atomic E-state index is -0.397. The largest absolute Gasteiger partial charge is 0.327 e. The highest BCUT2D eigenvalue weighted by Crippen LogP contribution is 2.17. The maximum absolute atomic E-state index is 13.3. The van der Waals surface area contributed by atoms with Crippen LogP contribution in [0.3, 0.4) is 0 Å². The fourth-order valence-corrected chi connectivity index (χ4v) is 2.56. The van der Waals surface area contributed by atoms with Crippen LogP contribution >= 0.6 is 22.9 Å². The molecule has 1 atom stereocenters. The van der Waals surface area contributed by atoms with E-state index in [0.717, 1.165) is 16.3 Å². The molecule has 0 radical (unpaired) electrons. The Labute approximate surface area is 115 Å². The van der Waals surface area contributed by atoms with Crippen LogP contribution in [0.1, 0.15) is 16.3 Å². The topological polar surface area (TPSA) is 38.9 Å². The molecule has 1 unspecified atom stereocenters. The Morgan fingerprint density at radius 1 is 1.44 bits per heavy atom. The Hall–Kier alpha value is -0.970. The molecule has 1 heterocycles. The highest BCUT2D eigenvalue weighted by atomic mass is 35.5. The summed E-state index contributed by atoms with van der Waals surface area (Å²) in [6, 6.07) is 4.74. The predicted molar refractivity (Wildman–Crippen MR) is 73.6 cm³/mol. The van der Waals surface area contributed by atoms with Gasteiger partial charge in [0.1, 0.15) is 5.82 Å². The average molecular weight is 285 g/mol. The van der Waals surface area contributed by atoms with E-state index in [1.54, 1.807) is 23.5 Å². The van der Waals surface area contributed by atoms with Gasteiger partial charge in [0, 0.05) is 17.8 Å². The van der Waals surface area contributed by atoms with Crippen molar-refractivity contribution in [3.05, 3.63) is 50.7 Å². The quantitative estimate of drug-likeness (QED) is 0.935. The zero-order valence-corrected chi connectivity index (χ0v) is 11.6. The fourth-order valence-electron chi connectivity index (χ4n) is 1.81. The summed E-state index contributed by atoms with van der Waals surface area (Å²) >= 11 is 7.25. The van der Waals surface area contributed by atoms with Crippen molar-refractivity contribution in [2.24, 2.45) is 5.73 Å². The van der Waals surface area contributed by atoms with E-state index in [1.165, 1.54) is 6.07 Å². The lowest BCUT2D eigenvalue weighted by Gasteiger charge is -2.10. The Morgan fingerprint density at radius 3 is 2.83 bits per heavy atom. The van der Waals surface area contributed by atoms with Crippen molar-refractivity contribution in [2.45, 2.75) is 25.8 Å². The van der Waals surface area contributed by atoms with Crippen LogP contribution in [-0.2, 0) is 12.8 Å². The third kappa shape index (κ3) is 3.51. The molecule has 96 valence electrons. The lowest BCUT2D eigenvalue weighted by molar-refractivity contribution is 0.617. The molecule has 0 fully saturated rings.